The van der Waals surface area contributed by atoms with Crippen LogP contribution >= 0.6 is 0 Å². The third-order valence-electron chi connectivity index (χ3n) is 4.05. The summed E-state index contributed by atoms with van der Waals surface area (Å²) >= 11 is 0. The number of nitrogens with zero attached hydrogens (tertiary/aromatic N) is 3. The van der Waals surface area contributed by atoms with Gasteiger partial charge in [0.25, 0.3) is 11.5 Å². The van der Waals surface area contributed by atoms with E-state index in [0.29, 0.717) is 22.6 Å². The maximum Gasteiger partial charge on any atom is 0.252 e. The van der Waals surface area contributed by atoms with Crippen molar-refractivity contribution >= 4 is 16.8 Å². The van der Waals surface area contributed by atoms with Crippen molar-refractivity contribution in [2.24, 2.45) is 0 Å². The first kappa shape index (κ1) is 16.6. The number of benzene rings is 1. The highest BCUT2D eigenvalue weighted by Gasteiger charge is 2.11. The first-order chi connectivity index (χ1) is 13.2. The Hall–Kier alpha value is -3.87. The summed E-state index contributed by atoms with van der Waals surface area (Å²) < 4.78 is 0. The SMILES string of the molecule is O=C(NCc1cc(=O)[nH]c(-c2cccnc2)n1)c1cccc2ncccc12. The fourth-order valence-electron chi connectivity index (χ4n) is 2.81. The minimum absolute atomic E-state index is 0.132. The van der Waals surface area contributed by atoms with E-state index in [-0.39, 0.29) is 18.0 Å². The molecular weight excluding hydrogens is 342 g/mol. The predicted octanol–water partition coefficient (Wildman–Crippen LogP) is 2.31. The number of carbonyl (C=O) groups is 1. The van der Waals surface area contributed by atoms with Gasteiger partial charge in [0.1, 0.15) is 5.82 Å². The van der Waals surface area contributed by atoms with Crippen molar-refractivity contribution in [1.29, 1.82) is 0 Å². The lowest BCUT2D eigenvalue weighted by Gasteiger charge is -2.08. The van der Waals surface area contributed by atoms with Crippen molar-refractivity contribution in [3.05, 3.63) is 88.7 Å². The smallest absolute Gasteiger partial charge is 0.252 e. The van der Waals surface area contributed by atoms with E-state index in [1.165, 1.54) is 6.07 Å². The van der Waals surface area contributed by atoms with Crippen LogP contribution in [0.4, 0.5) is 0 Å². The largest absolute Gasteiger partial charge is 0.346 e. The Morgan fingerprint density at radius 1 is 1.07 bits per heavy atom. The van der Waals surface area contributed by atoms with Gasteiger partial charge < -0.3 is 10.3 Å². The Morgan fingerprint density at radius 2 is 1.96 bits per heavy atom. The van der Waals surface area contributed by atoms with E-state index in [2.05, 4.69) is 25.3 Å². The second-order valence-electron chi connectivity index (χ2n) is 5.89. The summed E-state index contributed by atoms with van der Waals surface area (Å²) in [6.07, 6.45) is 4.94. The highest BCUT2D eigenvalue weighted by Crippen LogP contribution is 2.16. The van der Waals surface area contributed by atoms with E-state index in [0.717, 1.165) is 10.9 Å². The lowest BCUT2D eigenvalue weighted by Crippen LogP contribution is -2.25. The van der Waals surface area contributed by atoms with Gasteiger partial charge in [-0.2, -0.15) is 0 Å². The maximum absolute atomic E-state index is 12.6. The van der Waals surface area contributed by atoms with Crippen LogP contribution in [-0.4, -0.2) is 25.8 Å². The standard InChI is InChI=1S/C20H15N5O2/c26-18-10-14(24-19(25-18)13-4-2-8-21-11-13)12-23-20(27)16-5-1-7-17-15(16)6-3-9-22-17/h1-11H,12H2,(H,23,27)(H,24,25,26). The number of aromatic nitrogens is 4. The fraction of sp³-hybridized carbons (Fsp3) is 0.0500. The van der Waals surface area contributed by atoms with Crippen LogP contribution in [0.25, 0.3) is 22.3 Å². The molecule has 4 aromatic rings. The molecule has 0 saturated carbocycles. The van der Waals surface area contributed by atoms with Gasteiger partial charge in [-0.25, -0.2) is 4.98 Å². The zero-order valence-electron chi connectivity index (χ0n) is 14.2. The van der Waals surface area contributed by atoms with Gasteiger partial charge in [0.2, 0.25) is 0 Å². The maximum atomic E-state index is 12.6. The zero-order valence-corrected chi connectivity index (χ0v) is 14.2. The van der Waals surface area contributed by atoms with Crippen molar-refractivity contribution < 1.29 is 4.79 Å². The lowest BCUT2D eigenvalue weighted by molar-refractivity contribution is 0.0952. The molecule has 0 aliphatic rings. The molecule has 27 heavy (non-hydrogen) atoms. The molecule has 132 valence electrons. The fourth-order valence-corrected chi connectivity index (χ4v) is 2.81. The number of pyridine rings is 2. The monoisotopic (exact) mass is 357 g/mol. The number of rotatable bonds is 4. The van der Waals surface area contributed by atoms with Crippen LogP contribution in [0.3, 0.4) is 0 Å². The highest BCUT2D eigenvalue weighted by atomic mass is 16.1. The summed E-state index contributed by atoms with van der Waals surface area (Å²) in [4.78, 5) is 39.9. The summed E-state index contributed by atoms with van der Waals surface area (Å²) in [5.41, 5.74) is 2.14. The molecule has 0 unspecified atom stereocenters. The van der Waals surface area contributed by atoms with E-state index in [1.54, 1.807) is 48.9 Å². The van der Waals surface area contributed by atoms with Gasteiger partial charge in [-0.05, 0) is 30.3 Å². The second kappa shape index (κ2) is 7.17. The second-order valence-corrected chi connectivity index (χ2v) is 5.89. The van der Waals surface area contributed by atoms with Crippen LogP contribution < -0.4 is 10.9 Å². The molecule has 3 aromatic heterocycles. The highest BCUT2D eigenvalue weighted by molar-refractivity contribution is 6.06. The Balaban J connectivity index is 1.57. The lowest BCUT2D eigenvalue weighted by atomic mass is 10.1. The predicted molar refractivity (Wildman–Crippen MR) is 101 cm³/mol. The van der Waals surface area contributed by atoms with Gasteiger partial charge in [0.05, 0.1) is 17.8 Å². The third-order valence-corrected chi connectivity index (χ3v) is 4.05. The number of amides is 1. The first-order valence-corrected chi connectivity index (χ1v) is 8.33. The van der Waals surface area contributed by atoms with Gasteiger partial charge in [0.15, 0.2) is 0 Å². The molecule has 0 bridgehead atoms. The van der Waals surface area contributed by atoms with Crippen LogP contribution in [0.1, 0.15) is 16.1 Å². The average Bonchev–Trinajstić information content (AvgIpc) is 2.72. The summed E-state index contributed by atoms with van der Waals surface area (Å²) in [6, 6.07) is 14.0. The molecule has 0 spiro atoms. The summed E-state index contributed by atoms with van der Waals surface area (Å²) in [7, 11) is 0. The number of aromatic amines is 1. The van der Waals surface area contributed by atoms with Crippen LogP contribution in [-0.2, 0) is 6.54 Å². The molecule has 7 nitrogen and oxygen atoms in total. The number of hydrogen-bond donors (Lipinski definition) is 2. The molecule has 0 aliphatic carbocycles. The minimum Gasteiger partial charge on any atom is -0.346 e. The topological polar surface area (TPSA) is 101 Å². The molecule has 4 rings (SSSR count). The van der Waals surface area contributed by atoms with Crippen molar-refractivity contribution in [3.8, 4) is 11.4 Å². The van der Waals surface area contributed by atoms with E-state index >= 15 is 0 Å². The van der Waals surface area contributed by atoms with Gasteiger partial charge in [-0.15, -0.1) is 0 Å². The Labute approximate surface area is 154 Å². The summed E-state index contributed by atoms with van der Waals surface area (Å²) in [6.45, 7) is 0.132. The Kier molecular flexibility index (Phi) is 4.40. The molecule has 7 heteroatoms. The molecule has 3 heterocycles. The molecule has 0 fully saturated rings. The molecule has 1 amide bonds. The van der Waals surface area contributed by atoms with Crippen molar-refractivity contribution in [3.63, 3.8) is 0 Å². The number of H-pyrrole nitrogens is 1. The normalized spacial score (nSPS) is 10.7. The minimum atomic E-state index is -0.289. The molecule has 0 atom stereocenters. The number of nitrogens with one attached hydrogen (secondary N) is 2. The molecule has 0 saturated heterocycles. The van der Waals surface area contributed by atoms with Crippen molar-refractivity contribution in [2.45, 2.75) is 6.54 Å². The Morgan fingerprint density at radius 3 is 2.81 bits per heavy atom. The quantitative estimate of drug-likeness (QED) is 0.584. The van der Waals surface area contributed by atoms with Gasteiger partial charge in [-0.1, -0.05) is 12.1 Å². The van der Waals surface area contributed by atoms with Crippen LogP contribution in [0.2, 0.25) is 0 Å². The van der Waals surface area contributed by atoms with E-state index in [9.17, 15) is 9.59 Å². The van der Waals surface area contributed by atoms with Gasteiger partial charge in [0, 0.05) is 41.2 Å². The molecule has 0 aliphatic heterocycles. The third kappa shape index (κ3) is 3.57. The average molecular weight is 357 g/mol. The van der Waals surface area contributed by atoms with E-state index < -0.39 is 0 Å². The van der Waals surface area contributed by atoms with Gasteiger partial charge >= 0.3 is 0 Å². The van der Waals surface area contributed by atoms with Crippen molar-refractivity contribution in [1.82, 2.24) is 25.3 Å². The molecule has 2 N–H and O–H groups in total. The number of hydrogen-bond acceptors (Lipinski definition) is 5. The molecule has 1 aromatic carbocycles. The van der Waals surface area contributed by atoms with Crippen LogP contribution in [0.15, 0.2) is 71.9 Å². The number of carbonyl (C=O) groups excluding carboxylic acids is 1. The number of fused-ring (bicyclic) bond motifs is 1. The molecular formula is C20H15N5O2. The Bertz CT molecular complexity index is 1170. The molecule has 0 radical (unpaired) electrons. The van der Waals surface area contributed by atoms with Gasteiger partial charge in [-0.3, -0.25) is 19.6 Å². The van der Waals surface area contributed by atoms with E-state index in [4.69, 9.17) is 0 Å². The van der Waals surface area contributed by atoms with Crippen LogP contribution in [0.5, 0.6) is 0 Å². The van der Waals surface area contributed by atoms with E-state index in [1.807, 2.05) is 12.1 Å². The first-order valence-electron chi connectivity index (χ1n) is 8.33. The van der Waals surface area contributed by atoms with Crippen LogP contribution in [0, 0.1) is 0 Å². The summed E-state index contributed by atoms with van der Waals surface area (Å²) in [5.74, 6) is 0.160. The zero-order chi connectivity index (χ0) is 18.6. The van der Waals surface area contributed by atoms with Crippen molar-refractivity contribution in [2.75, 3.05) is 0 Å². The summed E-state index contributed by atoms with van der Waals surface area (Å²) in [5, 5.41) is 3.59.